The van der Waals surface area contributed by atoms with Crippen LogP contribution in [0, 0.1) is 11.7 Å². The summed E-state index contributed by atoms with van der Waals surface area (Å²) < 4.78 is 41.4. The van der Waals surface area contributed by atoms with E-state index in [4.69, 9.17) is 11.6 Å². The van der Waals surface area contributed by atoms with Crippen LogP contribution in [0.2, 0.25) is 5.02 Å². The molecule has 0 bridgehead atoms. The normalized spacial score (nSPS) is 17.8. The Morgan fingerprint density at radius 2 is 1.95 bits per heavy atom. The van der Waals surface area contributed by atoms with Crippen molar-refractivity contribution in [1.82, 2.24) is 30.1 Å². The van der Waals surface area contributed by atoms with Gasteiger partial charge in [0.1, 0.15) is 0 Å². The van der Waals surface area contributed by atoms with E-state index in [1.807, 2.05) is 4.83 Å². The van der Waals surface area contributed by atoms with Crippen LogP contribution in [0.1, 0.15) is 46.4 Å². The van der Waals surface area contributed by atoms with Crippen molar-refractivity contribution in [2.75, 3.05) is 5.75 Å². The predicted octanol–water partition coefficient (Wildman–Crippen LogP) is 2.83. The van der Waals surface area contributed by atoms with E-state index in [0.29, 0.717) is 42.5 Å². The maximum absolute atomic E-state index is 14.6. The van der Waals surface area contributed by atoms with Gasteiger partial charge in [-0.1, -0.05) is 11.6 Å². The van der Waals surface area contributed by atoms with Gasteiger partial charge in [-0.15, -0.1) is 4.83 Å². The number of rotatable bonds is 8. The van der Waals surface area contributed by atoms with Crippen molar-refractivity contribution < 1.29 is 22.4 Å². The molecule has 0 spiro atoms. The van der Waals surface area contributed by atoms with Crippen LogP contribution in [0.3, 0.4) is 0 Å². The van der Waals surface area contributed by atoms with Gasteiger partial charge in [-0.3, -0.25) is 20.0 Å². The standard InChI is InChI=1S/C24H26ClFN6O4S/c1-32-12-21(28-14-32)17-9-19(22(26)20(25)10-17)24(34)30-31-37(35,36)13-15-4-6-18(7-5-15)29-23(33)16-3-2-8-27-11-16/h2-3,8-12,14-15,18,31H,4-7,13H2,1H3,(H,29,33)(H,30,34). The molecule has 0 saturated heterocycles. The smallest absolute Gasteiger partial charge is 0.269 e. The maximum Gasteiger partial charge on any atom is 0.269 e. The summed E-state index contributed by atoms with van der Waals surface area (Å²) in [6.07, 6.45) is 8.72. The molecule has 0 unspecified atom stereocenters. The summed E-state index contributed by atoms with van der Waals surface area (Å²) in [6.45, 7) is 0. The van der Waals surface area contributed by atoms with Crippen LogP contribution in [0.15, 0.2) is 49.2 Å². The fourth-order valence-corrected chi connectivity index (χ4v) is 5.75. The number of hydrazine groups is 1. The van der Waals surface area contributed by atoms with Crippen LogP contribution in [0.4, 0.5) is 4.39 Å². The average molecular weight is 549 g/mol. The lowest BCUT2D eigenvalue weighted by Gasteiger charge is -2.29. The van der Waals surface area contributed by atoms with E-state index in [9.17, 15) is 22.4 Å². The molecule has 1 saturated carbocycles. The summed E-state index contributed by atoms with van der Waals surface area (Å²) in [5.41, 5.74) is 3.01. The molecule has 0 atom stereocenters. The lowest BCUT2D eigenvalue weighted by atomic mass is 9.87. The van der Waals surface area contributed by atoms with Crippen molar-refractivity contribution >= 4 is 33.4 Å². The Morgan fingerprint density at radius 1 is 1.19 bits per heavy atom. The molecule has 196 valence electrons. The van der Waals surface area contributed by atoms with Crippen LogP contribution in [0.5, 0.6) is 0 Å². The van der Waals surface area contributed by atoms with E-state index in [0.717, 1.165) is 0 Å². The van der Waals surface area contributed by atoms with Crippen molar-refractivity contribution in [3.8, 4) is 11.3 Å². The Morgan fingerprint density at radius 3 is 2.59 bits per heavy atom. The third-order valence-corrected chi connectivity index (χ3v) is 7.75. The SMILES string of the molecule is Cn1cnc(-c2cc(Cl)c(F)c(C(=O)NNS(=O)(=O)CC3CCC(NC(=O)c4cccnc4)CC3)c2)c1. The third kappa shape index (κ3) is 6.90. The molecule has 4 rings (SSSR count). The van der Waals surface area contributed by atoms with E-state index >= 15 is 0 Å². The Hall–Kier alpha value is -3.35. The van der Waals surface area contributed by atoms with Gasteiger partial charge in [0.15, 0.2) is 5.82 Å². The van der Waals surface area contributed by atoms with E-state index in [1.54, 1.807) is 42.5 Å². The van der Waals surface area contributed by atoms with Gasteiger partial charge in [0.2, 0.25) is 10.0 Å². The molecule has 1 aliphatic rings. The number of sulfonamides is 1. The predicted molar refractivity (Wildman–Crippen MR) is 135 cm³/mol. The topological polar surface area (TPSA) is 135 Å². The Labute approximate surface area is 218 Å². The minimum absolute atomic E-state index is 0.0570. The van der Waals surface area contributed by atoms with Gasteiger partial charge in [-0.05, 0) is 55.9 Å². The van der Waals surface area contributed by atoms with Crippen molar-refractivity contribution in [1.29, 1.82) is 0 Å². The lowest BCUT2D eigenvalue weighted by molar-refractivity contribution is 0.0920. The van der Waals surface area contributed by atoms with Gasteiger partial charge in [0.25, 0.3) is 11.8 Å². The molecule has 0 radical (unpaired) electrons. The molecular weight excluding hydrogens is 523 g/mol. The molecule has 3 N–H and O–H groups in total. The van der Waals surface area contributed by atoms with Crippen LogP contribution < -0.4 is 15.6 Å². The summed E-state index contributed by atoms with van der Waals surface area (Å²) in [7, 11) is -2.14. The number of hydrogen-bond acceptors (Lipinski definition) is 6. The number of pyridine rings is 1. The third-order valence-electron chi connectivity index (χ3n) is 6.15. The summed E-state index contributed by atoms with van der Waals surface area (Å²) in [6, 6.07) is 5.90. The van der Waals surface area contributed by atoms with E-state index in [-0.39, 0.29) is 28.6 Å². The second kappa shape index (κ2) is 11.4. The minimum atomic E-state index is -3.90. The van der Waals surface area contributed by atoms with Crippen LogP contribution in [0.25, 0.3) is 11.3 Å². The highest BCUT2D eigenvalue weighted by molar-refractivity contribution is 7.89. The van der Waals surface area contributed by atoms with E-state index < -0.39 is 27.3 Å². The molecule has 2 amide bonds. The molecule has 37 heavy (non-hydrogen) atoms. The molecule has 0 aliphatic heterocycles. The molecule has 2 aromatic heterocycles. The monoisotopic (exact) mass is 548 g/mol. The molecular formula is C24H26ClFN6O4S. The van der Waals surface area contributed by atoms with Crippen molar-refractivity contribution in [3.05, 3.63) is 71.2 Å². The zero-order valence-electron chi connectivity index (χ0n) is 19.9. The first kappa shape index (κ1) is 26.7. The van der Waals surface area contributed by atoms with Crippen molar-refractivity contribution in [3.63, 3.8) is 0 Å². The number of benzene rings is 1. The first-order valence-electron chi connectivity index (χ1n) is 11.6. The average Bonchev–Trinajstić information content (AvgIpc) is 3.32. The lowest BCUT2D eigenvalue weighted by Crippen LogP contribution is -2.45. The van der Waals surface area contributed by atoms with Crippen LogP contribution in [-0.4, -0.2) is 46.6 Å². The summed E-state index contributed by atoms with van der Waals surface area (Å²) in [4.78, 5) is 35.0. The summed E-state index contributed by atoms with van der Waals surface area (Å²) in [5.74, 6) is -2.53. The zero-order valence-corrected chi connectivity index (χ0v) is 21.5. The zero-order chi connectivity index (χ0) is 26.6. The van der Waals surface area contributed by atoms with Crippen molar-refractivity contribution in [2.24, 2.45) is 13.0 Å². The molecule has 1 fully saturated rings. The highest BCUT2D eigenvalue weighted by atomic mass is 35.5. The van der Waals surface area contributed by atoms with Crippen LogP contribution >= 0.6 is 11.6 Å². The molecule has 10 nitrogen and oxygen atoms in total. The molecule has 13 heteroatoms. The Balaban J connectivity index is 1.30. The fraction of sp³-hybridized carbons (Fsp3) is 0.333. The fourth-order valence-electron chi connectivity index (χ4n) is 4.25. The summed E-state index contributed by atoms with van der Waals surface area (Å²) >= 11 is 5.96. The van der Waals surface area contributed by atoms with E-state index in [1.165, 1.54) is 18.3 Å². The number of nitrogens with one attached hydrogen (secondary N) is 3. The van der Waals surface area contributed by atoms with Crippen LogP contribution in [-0.2, 0) is 17.1 Å². The number of imidazole rings is 1. The minimum Gasteiger partial charge on any atom is -0.349 e. The molecule has 3 aromatic rings. The number of carbonyl (C=O) groups excluding carboxylic acids is 2. The number of aryl methyl sites for hydroxylation is 1. The second-order valence-electron chi connectivity index (χ2n) is 9.01. The first-order chi connectivity index (χ1) is 17.6. The second-order valence-corrected chi connectivity index (χ2v) is 11.2. The molecule has 1 aromatic carbocycles. The quantitative estimate of drug-likeness (QED) is 0.370. The van der Waals surface area contributed by atoms with Crippen molar-refractivity contribution in [2.45, 2.75) is 31.7 Å². The number of halogens is 2. The van der Waals surface area contributed by atoms with Gasteiger partial charge in [-0.2, -0.15) is 0 Å². The number of hydrogen-bond donors (Lipinski definition) is 3. The number of nitrogens with zero attached hydrogens (tertiary/aromatic N) is 3. The maximum atomic E-state index is 14.6. The number of aromatic nitrogens is 3. The van der Waals surface area contributed by atoms with E-state index in [2.05, 4.69) is 20.7 Å². The Bertz CT molecular complexity index is 1390. The number of amides is 2. The highest BCUT2D eigenvalue weighted by Crippen LogP contribution is 2.28. The summed E-state index contributed by atoms with van der Waals surface area (Å²) in [5, 5.41) is 2.66. The van der Waals surface area contributed by atoms with Gasteiger partial charge >= 0.3 is 0 Å². The van der Waals surface area contributed by atoms with Gasteiger partial charge in [0.05, 0.1) is 33.9 Å². The largest absolute Gasteiger partial charge is 0.349 e. The first-order valence-corrected chi connectivity index (χ1v) is 13.6. The highest BCUT2D eigenvalue weighted by Gasteiger charge is 2.27. The Kier molecular flexibility index (Phi) is 8.20. The molecule has 2 heterocycles. The number of carbonyl (C=O) groups is 2. The van der Waals surface area contributed by atoms with Gasteiger partial charge in [-0.25, -0.2) is 17.8 Å². The molecule has 1 aliphatic carbocycles. The van der Waals surface area contributed by atoms with Gasteiger partial charge < -0.3 is 9.88 Å². The van der Waals surface area contributed by atoms with Gasteiger partial charge in [0, 0.05) is 37.2 Å².